The summed E-state index contributed by atoms with van der Waals surface area (Å²) in [5.41, 5.74) is 0.935. The fraction of sp³-hybridized carbons (Fsp3) is 0.429. The second-order valence-electron chi connectivity index (χ2n) is 2.20. The highest BCUT2D eigenvalue weighted by atomic mass is 16.3. The zero-order valence-corrected chi connectivity index (χ0v) is 5.83. The van der Waals surface area contributed by atoms with Gasteiger partial charge < -0.3 is 15.5 Å². The van der Waals surface area contributed by atoms with Crippen molar-refractivity contribution >= 4 is 0 Å². The third kappa shape index (κ3) is 1.30. The number of allylic oxidation sites excluding steroid dienone is 1. The van der Waals surface area contributed by atoms with Crippen LogP contribution in [0.2, 0.25) is 0 Å². The first-order chi connectivity index (χ1) is 4.74. The van der Waals surface area contributed by atoms with Crippen LogP contribution in [0.25, 0.3) is 0 Å². The summed E-state index contributed by atoms with van der Waals surface area (Å²) in [7, 11) is 0. The molecule has 1 unspecified atom stereocenters. The Morgan fingerprint density at radius 3 is 2.90 bits per heavy atom. The molecule has 0 fully saturated rings. The van der Waals surface area contributed by atoms with Gasteiger partial charge in [-0.05, 0) is 12.5 Å². The van der Waals surface area contributed by atoms with E-state index in [9.17, 15) is 0 Å². The molecular formula is C7H11NO2. The van der Waals surface area contributed by atoms with Crippen molar-refractivity contribution in [3.05, 3.63) is 23.7 Å². The van der Waals surface area contributed by atoms with E-state index in [-0.39, 0.29) is 5.76 Å². The normalized spacial score (nSPS) is 24.8. The molecule has 0 bridgehead atoms. The molecule has 0 aliphatic carbocycles. The summed E-state index contributed by atoms with van der Waals surface area (Å²) in [5.74, 6) is -0.0304. The lowest BCUT2D eigenvalue weighted by molar-refractivity contribution is 0.187. The molecule has 1 atom stereocenters. The van der Waals surface area contributed by atoms with E-state index < -0.39 is 6.10 Å². The number of hydrogen-bond acceptors (Lipinski definition) is 3. The Bertz CT molecular complexity index is 184. The van der Waals surface area contributed by atoms with Crippen LogP contribution < -0.4 is 5.32 Å². The average molecular weight is 141 g/mol. The summed E-state index contributed by atoms with van der Waals surface area (Å²) in [6.07, 6.45) is 3.01. The molecule has 0 amide bonds. The lowest BCUT2D eigenvalue weighted by atomic mass is 10.2. The number of aliphatic hydroxyl groups is 2. The molecule has 1 aliphatic heterocycles. The minimum absolute atomic E-state index is 0.0304. The van der Waals surface area contributed by atoms with Gasteiger partial charge in [0.25, 0.3) is 0 Å². The molecule has 0 saturated carbocycles. The van der Waals surface area contributed by atoms with Gasteiger partial charge in [-0.2, -0.15) is 0 Å². The first-order valence-electron chi connectivity index (χ1n) is 3.28. The van der Waals surface area contributed by atoms with Gasteiger partial charge in [-0.1, -0.05) is 6.92 Å². The Labute approximate surface area is 59.7 Å². The Morgan fingerprint density at radius 1 is 1.70 bits per heavy atom. The predicted molar refractivity (Wildman–Crippen MR) is 38.2 cm³/mol. The molecule has 0 aromatic rings. The van der Waals surface area contributed by atoms with Crippen molar-refractivity contribution in [1.82, 2.24) is 5.32 Å². The van der Waals surface area contributed by atoms with Crippen LogP contribution in [0.4, 0.5) is 0 Å². The predicted octanol–water partition coefficient (Wildman–Crippen LogP) is 0.644. The highest BCUT2D eigenvalue weighted by Crippen LogP contribution is 2.09. The Balaban J connectivity index is 2.64. The van der Waals surface area contributed by atoms with Crippen LogP contribution in [0.3, 0.4) is 0 Å². The largest absolute Gasteiger partial charge is 0.508 e. The molecule has 3 nitrogen and oxygen atoms in total. The van der Waals surface area contributed by atoms with Crippen molar-refractivity contribution in [2.45, 2.75) is 19.4 Å². The highest BCUT2D eigenvalue weighted by molar-refractivity contribution is 5.19. The van der Waals surface area contributed by atoms with E-state index in [1.54, 1.807) is 6.08 Å². The molecule has 1 rings (SSSR count). The third-order valence-corrected chi connectivity index (χ3v) is 1.45. The van der Waals surface area contributed by atoms with Crippen molar-refractivity contribution in [1.29, 1.82) is 0 Å². The second kappa shape index (κ2) is 2.75. The standard InChI is InChI=1S/C7H11NO2/c1-2-5-3-6(9)7(10)4-8-5/h3-4,6,8-10H,2H2,1H3. The maximum atomic E-state index is 9.04. The number of aliphatic hydroxyl groups excluding tert-OH is 2. The van der Waals surface area contributed by atoms with Gasteiger partial charge in [-0.15, -0.1) is 0 Å². The van der Waals surface area contributed by atoms with Gasteiger partial charge in [-0.3, -0.25) is 0 Å². The molecule has 0 radical (unpaired) electrons. The fourth-order valence-electron chi connectivity index (χ4n) is 0.796. The van der Waals surface area contributed by atoms with Crippen LogP contribution in [-0.4, -0.2) is 16.3 Å². The highest BCUT2D eigenvalue weighted by Gasteiger charge is 2.10. The third-order valence-electron chi connectivity index (χ3n) is 1.45. The molecule has 0 spiro atoms. The molecule has 3 N–H and O–H groups in total. The quantitative estimate of drug-likeness (QED) is 0.502. The molecule has 1 aliphatic rings. The van der Waals surface area contributed by atoms with Gasteiger partial charge in [0.2, 0.25) is 0 Å². The minimum atomic E-state index is -0.823. The Kier molecular flexibility index (Phi) is 1.97. The van der Waals surface area contributed by atoms with Gasteiger partial charge >= 0.3 is 0 Å². The molecule has 0 aromatic carbocycles. The van der Waals surface area contributed by atoms with E-state index in [1.165, 1.54) is 6.20 Å². The van der Waals surface area contributed by atoms with E-state index in [0.717, 1.165) is 12.1 Å². The van der Waals surface area contributed by atoms with Gasteiger partial charge in [0.15, 0.2) is 0 Å². The van der Waals surface area contributed by atoms with Crippen LogP contribution in [0.1, 0.15) is 13.3 Å². The summed E-state index contributed by atoms with van der Waals surface area (Å²) in [4.78, 5) is 0. The van der Waals surface area contributed by atoms with Crippen molar-refractivity contribution in [3.8, 4) is 0 Å². The molecular weight excluding hydrogens is 130 g/mol. The lowest BCUT2D eigenvalue weighted by Crippen LogP contribution is -2.19. The molecule has 10 heavy (non-hydrogen) atoms. The van der Waals surface area contributed by atoms with Gasteiger partial charge in [-0.25, -0.2) is 0 Å². The Hall–Kier alpha value is -0.960. The van der Waals surface area contributed by atoms with E-state index in [4.69, 9.17) is 10.2 Å². The maximum absolute atomic E-state index is 9.04. The summed E-state index contributed by atoms with van der Waals surface area (Å²) in [5, 5.41) is 20.8. The smallest absolute Gasteiger partial charge is 0.141 e. The number of rotatable bonds is 1. The van der Waals surface area contributed by atoms with Gasteiger partial charge in [0.05, 0.1) is 0 Å². The van der Waals surface area contributed by atoms with Crippen LogP contribution in [0, 0.1) is 0 Å². The molecule has 3 heteroatoms. The van der Waals surface area contributed by atoms with E-state index >= 15 is 0 Å². The topological polar surface area (TPSA) is 52.5 Å². The molecule has 56 valence electrons. The SMILES string of the molecule is CCC1=CC(O)C(O)=CN1. The zero-order chi connectivity index (χ0) is 7.56. The van der Waals surface area contributed by atoms with Crippen LogP contribution in [0.5, 0.6) is 0 Å². The van der Waals surface area contributed by atoms with Crippen LogP contribution in [0.15, 0.2) is 23.7 Å². The monoisotopic (exact) mass is 141 g/mol. The summed E-state index contributed by atoms with van der Waals surface area (Å²) in [6.45, 7) is 1.97. The van der Waals surface area contributed by atoms with Crippen molar-refractivity contribution < 1.29 is 10.2 Å². The number of dihydropyridines is 1. The first-order valence-corrected chi connectivity index (χ1v) is 3.28. The molecule has 1 heterocycles. The van der Waals surface area contributed by atoms with E-state index in [1.807, 2.05) is 6.92 Å². The zero-order valence-electron chi connectivity index (χ0n) is 5.83. The van der Waals surface area contributed by atoms with E-state index in [0.29, 0.717) is 0 Å². The second-order valence-corrected chi connectivity index (χ2v) is 2.20. The van der Waals surface area contributed by atoms with Crippen LogP contribution in [-0.2, 0) is 0 Å². The van der Waals surface area contributed by atoms with Gasteiger partial charge in [0.1, 0.15) is 11.9 Å². The number of hydrogen-bond donors (Lipinski definition) is 3. The Morgan fingerprint density at radius 2 is 2.40 bits per heavy atom. The van der Waals surface area contributed by atoms with Crippen molar-refractivity contribution in [2.75, 3.05) is 0 Å². The van der Waals surface area contributed by atoms with Crippen LogP contribution >= 0.6 is 0 Å². The van der Waals surface area contributed by atoms with E-state index in [2.05, 4.69) is 5.32 Å². The maximum Gasteiger partial charge on any atom is 0.141 e. The minimum Gasteiger partial charge on any atom is -0.508 e. The van der Waals surface area contributed by atoms with Crippen molar-refractivity contribution in [2.24, 2.45) is 0 Å². The lowest BCUT2D eigenvalue weighted by Gasteiger charge is -2.14. The van der Waals surface area contributed by atoms with Crippen molar-refractivity contribution in [3.63, 3.8) is 0 Å². The molecule has 0 aromatic heterocycles. The average Bonchev–Trinajstić information content (AvgIpc) is 1.95. The summed E-state index contributed by atoms with van der Waals surface area (Å²) in [6, 6.07) is 0. The number of nitrogens with one attached hydrogen (secondary N) is 1. The summed E-state index contributed by atoms with van der Waals surface area (Å²) >= 11 is 0. The van der Waals surface area contributed by atoms with Gasteiger partial charge in [0, 0.05) is 11.9 Å². The first kappa shape index (κ1) is 7.15. The summed E-state index contributed by atoms with van der Waals surface area (Å²) < 4.78 is 0. The fourth-order valence-corrected chi connectivity index (χ4v) is 0.796. The molecule has 0 saturated heterocycles.